The normalized spacial score (nSPS) is 11.1. The van der Waals surface area contributed by atoms with E-state index in [-0.39, 0.29) is 0 Å². The number of hydrogen-bond donors (Lipinski definition) is 1. The number of methoxy groups -OCH3 is 6. The Hall–Kier alpha value is -3.18. The summed E-state index contributed by atoms with van der Waals surface area (Å²) in [6, 6.07) is 15.7. The minimum Gasteiger partial charge on any atom is -0.496 e. The van der Waals surface area contributed by atoms with Gasteiger partial charge in [-0.25, -0.2) is 0 Å². The topological polar surface area (TPSA) is 162 Å². The van der Waals surface area contributed by atoms with Crippen molar-refractivity contribution in [3.63, 3.8) is 0 Å². The maximum Gasteiger partial charge on any atom is 0.193 e. The van der Waals surface area contributed by atoms with Gasteiger partial charge in [-0.3, -0.25) is 0 Å². The second-order valence-electron chi connectivity index (χ2n) is 7.04. The van der Waals surface area contributed by atoms with E-state index in [0.717, 1.165) is 0 Å². The standard InChI is InChI=1S/C24H27O7P.ClHO4/c1-26-16-10-7-11-17(27-2)22(16)32(25,23-18(28-3)12-8-13-19(23)29-4)24-20(30-5)14-9-15-21(24)31-6;2-1(3,4)5/h7-15H,1-6H3;(H,2,3,4,5). The van der Waals surface area contributed by atoms with Crippen LogP contribution in [0.15, 0.2) is 54.6 Å². The third-order valence-electron chi connectivity index (χ3n) is 5.15. The third-order valence-corrected chi connectivity index (χ3v) is 8.36. The van der Waals surface area contributed by atoms with Crippen LogP contribution in [-0.4, -0.2) is 47.3 Å². The van der Waals surface area contributed by atoms with Crippen LogP contribution in [-0.2, 0) is 4.57 Å². The van der Waals surface area contributed by atoms with Crippen molar-refractivity contribution in [2.24, 2.45) is 0 Å². The van der Waals surface area contributed by atoms with Gasteiger partial charge in [-0.15, -0.1) is 0 Å². The summed E-state index contributed by atoms with van der Waals surface area (Å²) in [5, 5.41) is 1.03. The zero-order valence-corrected chi connectivity index (χ0v) is 22.7. The van der Waals surface area contributed by atoms with Gasteiger partial charge in [0.2, 0.25) is 0 Å². The Morgan fingerprint density at radius 1 is 0.541 bits per heavy atom. The summed E-state index contributed by atoms with van der Waals surface area (Å²) in [6.45, 7) is 0. The molecule has 202 valence electrons. The molecule has 3 aromatic rings. The van der Waals surface area contributed by atoms with Crippen LogP contribution in [0.1, 0.15) is 0 Å². The van der Waals surface area contributed by atoms with Crippen LogP contribution in [0.25, 0.3) is 0 Å². The fourth-order valence-electron chi connectivity index (χ4n) is 3.76. The molecule has 0 fully saturated rings. The zero-order valence-electron chi connectivity index (χ0n) is 21.1. The first-order valence-electron chi connectivity index (χ1n) is 10.4. The summed E-state index contributed by atoms with van der Waals surface area (Å²) < 4.78 is 82.3. The van der Waals surface area contributed by atoms with Gasteiger partial charge in [0.25, 0.3) is 0 Å². The van der Waals surface area contributed by atoms with E-state index in [0.29, 0.717) is 50.4 Å². The van der Waals surface area contributed by atoms with Gasteiger partial charge < -0.3 is 33.0 Å². The van der Waals surface area contributed by atoms with Gasteiger partial charge in [0.15, 0.2) is 7.14 Å². The van der Waals surface area contributed by atoms with Crippen molar-refractivity contribution in [3.8, 4) is 34.5 Å². The van der Waals surface area contributed by atoms with Crippen molar-refractivity contribution < 1.29 is 61.9 Å². The second kappa shape index (κ2) is 12.9. The minimum atomic E-state index is -4.69. The van der Waals surface area contributed by atoms with Crippen LogP contribution < -0.4 is 58.3 Å². The number of benzene rings is 3. The summed E-state index contributed by atoms with van der Waals surface area (Å²) in [4.78, 5) is 0. The zero-order chi connectivity index (χ0) is 27.8. The van der Waals surface area contributed by atoms with Gasteiger partial charge >= 0.3 is 0 Å². The minimum absolute atomic E-state index is 0.343. The van der Waals surface area contributed by atoms with Crippen molar-refractivity contribution in [3.05, 3.63) is 54.6 Å². The van der Waals surface area contributed by atoms with Crippen LogP contribution >= 0.6 is 7.14 Å². The maximum absolute atomic E-state index is 15.6. The lowest BCUT2D eigenvalue weighted by Crippen LogP contribution is -2.58. The van der Waals surface area contributed by atoms with Crippen molar-refractivity contribution >= 4 is 23.1 Å². The van der Waals surface area contributed by atoms with E-state index >= 15 is 4.57 Å². The Kier molecular flexibility index (Phi) is 10.4. The highest BCUT2D eigenvalue weighted by Crippen LogP contribution is 2.55. The first-order chi connectivity index (χ1) is 17.5. The fraction of sp³-hybridized carbons (Fsp3) is 0.250. The van der Waals surface area contributed by atoms with Crippen LogP contribution in [0.5, 0.6) is 34.5 Å². The summed E-state index contributed by atoms with van der Waals surface area (Å²) in [5.41, 5.74) is 0. The molecule has 0 amide bonds. The average Bonchev–Trinajstić information content (AvgIpc) is 2.89. The molecule has 0 bridgehead atoms. The first-order valence-corrected chi connectivity index (χ1v) is 13.4. The van der Waals surface area contributed by atoms with Crippen molar-refractivity contribution in [1.29, 1.82) is 0 Å². The molecular formula is C24H28ClO11P. The van der Waals surface area contributed by atoms with Crippen molar-refractivity contribution in [2.75, 3.05) is 42.7 Å². The Morgan fingerprint density at radius 3 is 0.838 bits per heavy atom. The molecular weight excluding hydrogens is 531 g/mol. The van der Waals surface area contributed by atoms with E-state index in [1.165, 1.54) is 42.7 Å². The highest BCUT2D eigenvalue weighted by atomic mass is 35.7. The van der Waals surface area contributed by atoms with E-state index in [4.69, 9.17) is 47.1 Å². The van der Waals surface area contributed by atoms with Gasteiger partial charge in [-0.1, -0.05) is 18.2 Å². The molecule has 0 saturated heterocycles. The van der Waals surface area contributed by atoms with Crippen LogP contribution in [0, 0.1) is 10.2 Å². The number of ether oxygens (including phenoxy) is 6. The molecule has 0 aliphatic heterocycles. The number of halogens is 1. The SMILES string of the molecule is COc1cccc(OC)c1P(=O)(c1c(OC)cccc1OC)c1c(OC)cccc1OC.[O-][Cl+3]([O-])([O-])O. The molecule has 0 aliphatic carbocycles. The van der Waals surface area contributed by atoms with Crippen LogP contribution in [0.3, 0.4) is 0 Å². The molecule has 1 N–H and O–H groups in total. The van der Waals surface area contributed by atoms with E-state index in [1.54, 1.807) is 54.6 Å². The Labute approximate surface area is 216 Å². The molecule has 0 spiro atoms. The molecule has 0 radical (unpaired) electrons. The van der Waals surface area contributed by atoms with E-state index < -0.39 is 17.4 Å². The van der Waals surface area contributed by atoms with Crippen LogP contribution in [0.2, 0.25) is 0 Å². The third kappa shape index (κ3) is 6.58. The van der Waals surface area contributed by atoms with Gasteiger partial charge in [-0.05, 0) is 36.4 Å². The van der Waals surface area contributed by atoms with Crippen molar-refractivity contribution in [2.45, 2.75) is 0 Å². The Bertz CT molecular complexity index is 1030. The summed E-state index contributed by atoms with van der Waals surface area (Å²) in [7, 11) is 0.547. The molecule has 37 heavy (non-hydrogen) atoms. The van der Waals surface area contributed by atoms with Gasteiger partial charge in [0, 0.05) is 0 Å². The smallest absolute Gasteiger partial charge is 0.193 e. The molecule has 3 rings (SSSR count). The van der Waals surface area contributed by atoms with Crippen molar-refractivity contribution in [1.82, 2.24) is 0 Å². The lowest BCUT2D eigenvalue weighted by molar-refractivity contribution is -1.92. The molecule has 13 heteroatoms. The maximum atomic E-state index is 15.6. The molecule has 3 aromatic carbocycles. The predicted octanol–water partition coefficient (Wildman–Crippen LogP) is -0.746. The molecule has 0 aliphatic rings. The van der Waals surface area contributed by atoms with Gasteiger partial charge in [0.1, 0.15) is 50.4 Å². The van der Waals surface area contributed by atoms with Crippen LogP contribution in [0.4, 0.5) is 0 Å². The quantitative estimate of drug-likeness (QED) is 0.329. The summed E-state index contributed by atoms with van der Waals surface area (Å²) >= 11 is 0. The molecule has 11 nitrogen and oxygen atoms in total. The van der Waals surface area contributed by atoms with Gasteiger partial charge in [0.05, 0.1) is 57.6 Å². The molecule has 0 saturated carbocycles. The molecule has 0 heterocycles. The highest BCUT2D eigenvalue weighted by Gasteiger charge is 2.44. The van der Waals surface area contributed by atoms with E-state index in [1.807, 2.05) is 0 Å². The average molecular weight is 559 g/mol. The summed E-state index contributed by atoms with van der Waals surface area (Å²) in [6.07, 6.45) is 0. The first kappa shape index (κ1) is 30.0. The lowest BCUT2D eigenvalue weighted by Gasteiger charge is -2.28. The highest BCUT2D eigenvalue weighted by molar-refractivity contribution is 7.86. The van der Waals surface area contributed by atoms with Gasteiger partial charge in [-0.2, -0.15) is 14.0 Å². The van der Waals surface area contributed by atoms with E-state index in [9.17, 15) is 0 Å². The predicted molar refractivity (Wildman–Crippen MR) is 127 cm³/mol. The fourth-order valence-corrected chi connectivity index (χ4v) is 7.29. The lowest BCUT2D eigenvalue weighted by atomic mass is 10.3. The second-order valence-corrected chi connectivity index (χ2v) is 10.4. The Morgan fingerprint density at radius 2 is 0.703 bits per heavy atom. The van der Waals surface area contributed by atoms with E-state index in [2.05, 4.69) is 0 Å². The molecule has 0 unspecified atom stereocenters. The largest absolute Gasteiger partial charge is 0.496 e. The monoisotopic (exact) mass is 558 g/mol. The number of rotatable bonds is 9. The molecule has 0 atom stereocenters. The summed E-state index contributed by atoms with van der Waals surface area (Å²) in [5.74, 6) is 2.30. The number of hydrogen-bond acceptors (Lipinski definition) is 11. The Balaban J connectivity index is 0.000000877. The molecule has 0 aromatic heterocycles.